The van der Waals surface area contributed by atoms with Gasteiger partial charge in [0.2, 0.25) is 0 Å². The molecule has 0 aliphatic heterocycles. The van der Waals surface area contributed by atoms with Gasteiger partial charge in [0.1, 0.15) is 0 Å². The van der Waals surface area contributed by atoms with E-state index in [0.29, 0.717) is 0 Å². The minimum Gasteiger partial charge on any atom is -0.343 e. The summed E-state index contributed by atoms with van der Waals surface area (Å²) in [5.74, 6) is 0. The average Bonchev–Trinajstić information content (AvgIpc) is 3.34. The number of nitrogens with zero attached hydrogens (tertiary/aromatic N) is 1. The van der Waals surface area contributed by atoms with Gasteiger partial charge in [0.05, 0.1) is 5.52 Å². The molecule has 0 saturated carbocycles. The molecule has 2 heteroatoms. The monoisotopic (exact) mass is 413 g/mol. The van der Waals surface area contributed by atoms with E-state index in [2.05, 4.69) is 109 Å². The Kier molecular flexibility index (Phi) is 3.42. The molecule has 0 atom stereocenters. The molecule has 31 heavy (non-hydrogen) atoms. The largest absolute Gasteiger partial charge is 0.343 e. The van der Waals surface area contributed by atoms with Gasteiger partial charge in [0.15, 0.2) is 0 Å². The number of para-hydroxylation sites is 1. The van der Waals surface area contributed by atoms with Crippen molar-refractivity contribution >= 4 is 64.1 Å². The van der Waals surface area contributed by atoms with Crippen molar-refractivity contribution in [3.8, 4) is 11.1 Å². The number of aryl methyl sites for hydroxylation is 1. The minimum absolute atomic E-state index is 1.28. The molecule has 7 aromatic rings. The van der Waals surface area contributed by atoms with E-state index < -0.39 is 0 Å². The predicted molar refractivity (Wildman–Crippen MR) is 136 cm³/mol. The molecular formula is C29H19NS. The first kappa shape index (κ1) is 17.1. The predicted octanol–water partition coefficient (Wildman–Crippen LogP) is 8.52. The Morgan fingerprint density at radius 3 is 2.32 bits per heavy atom. The quantitative estimate of drug-likeness (QED) is 0.254. The van der Waals surface area contributed by atoms with Gasteiger partial charge in [-0.2, -0.15) is 0 Å². The molecule has 2 aromatic heterocycles. The number of rotatable bonds is 1. The molecule has 7 rings (SSSR count). The lowest BCUT2D eigenvalue weighted by Crippen LogP contribution is -1.89. The lowest BCUT2D eigenvalue weighted by atomic mass is 9.99. The maximum atomic E-state index is 2.37. The van der Waals surface area contributed by atoms with Crippen LogP contribution in [0.15, 0.2) is 97.1 Å². The van der Waals surface area contributed by atoms with Crippen LogP contribution >= 0.6 is 11.3 Å². The average molecular weight is 414 g/mol. The van der Waals surface area contributed by atoms with Gasteiger partial charge in [0.25, 0.3) is 0 Å². The van der Waals surface area contributed by atoms with Crippen LogP contribution in [0.3, 0.4) is 0 Å². The van der Waals surface area contributed by atoms with Gasteiger partial charge < -0.3 is 4.57 Å². The molecule has 1 nitrogen and oxygen atoms in total. The third kappa shape index (κ3) is 2.31. The molecular weight excluding hydrogens is 394 g/mol. The Morgan fingerprint density at radius 2 is 1.39 bits per heavy atom. The first-order valence-corrected chi connectivity index (χ1v) is 11.4. The number of hydrogen-bond donors (Lipinski definition) is 0. The number of hydrogen-bond acceptors (Lipinski definition) is 1. The molecule has 0 saturated heterocycles. The van der Waals surface area contributed by atoms with Crippen molar-refractivity contribution in [1.82, 2.24) is 4.57 Å². The van der Waals surface area contributed by atoms with Crippen LogP contribution in [0.4, 0.5) is 0 Å². The summed E-state index contributed by atoms with van der Waals surface area (Å²) in [7, 11) is 2.20. The number of thiophene rings is 1. The van der Waals surface area contributed by atoms with Gasteiger partial charge in [-0.25, -0.2) is 0 Å². The van der Waals surface area contributed by atoms with Gasteiger partial charge in [-0.15, -0.1) is 11.3 Å². The highest BCUT2D eigenvalue weighted by Crippen LogP contribution is 2.41. The molecule has 0 N–H and O–H groups in total. The second kappa shape index (κ2) is 6.19. The van der Waals surface area contributed by atoms with Crippen molar-refractivity contribution in [3.05, 3.63) is 97.1 Å². The van der Waals surface area contributed by atoms with Crippen molar-refractivity contribution in [1.29, 1.82) is 0 Å². The van der Waals surface area contributed by atoms with Gasteiger partial charge in [-0.05, 0) is 34.5 Å². The molecule has 0 bridgehead atoms. The second-order valence-electron chi connectivity index (χ2n) is 8.25. The summed E-state index contributed by atoms with van der Waals surface area (Å²) in [4.78, 5) is 0. The van der Waals surface area contributed by atoms with Gasteiger partial charge in [0, 0.05) is 49.1 Å². The van der Waals surface area contributed by atoms with Crippen LogP contribution in [-0.2, 0) is 7.05 Å². The minimum atomic E-state index is 1.28. The van der Waals surface area contributed by atoms with Gasteiger partial charge >= 0.3 is 0 Å². The third-order valence-corrected chi connectivity index (χ3v) is 7.73. The first-order chi connectivity index (χ1) is 15.3. The highest BCUT2D eigenvalue weighted by Gasteiger charge is 2.15. The Hall–Kier alpha value is -3.62. The Balaban J connectivity index is 1.57. The Morgan fingerprint density at radius 1 is 0.613 bits per heavy atom. The SMILES string of the molecule is Cn1c2ccc3ccccc3c2c2cccc(-c3ccc4c(c3)sc3ccccc34)c21. The zero-order valence-electron chi connectivity index (χ0n) is 17.1. The molecule has 0 aliphatic carbocycles. The van der Waals surface area contributed by atoms with Crippen molar-refractivity contribution in [2.75, 3.05) is 0 Å². The van der Waals surface area contributed by atoms with Crippen LogP contribution in [0, 0.1) is 0 Å². The van der Waals surface area contributed by atoms with E-state index >= 15 is 0 Å². The number of aromatic nitrogens is 1. The number of fused-ring (bicyclic) bond motifs is 8. The maximum absolute atomic E-state index is 2.37. The van der Waals surface area contributed by atoms with Crippen LogP contribution in [0.1, 0.15) is 0 Å². The Labute approximate surface area is 183 Å². The maximum Gasteiger partial charge on any atom is 0.0568 e. The summed E-state index contributed by atoms with van der Waals surface area (Å²) >= 11 is 1.88. The molecule has 0 aliphatic rings. The zero-order valence-corrected chi connectivity index (χ0v) is 17.9. The summed E-state index contributed by atoms with van der Waals surface area (Å²) in [6.07, 6.45) is 0. The van der Waals surface area contributed by atoms with E-state index in [-0.39, 0.29) is 0 Å². The summed E-state index contributed by atoms with van der Waals surface area (Å²) in [6, 6.07) is 35.6. The standard InChI is InChI=1S/C29H19NS/c1-30-25-16-14-18-7-2-3-8-20(18)28(25)24-11-6-10-21(29(24)30)19-13-15-23-22-9-4-5-12-26(22)31-27(23)17-19/h2-17H,1H3. The molecule has 2 heterocycles. The van der Waals surface area contributed by atoms with E-state index in [1.54, 1.807) is 0 Å². The highest BCUT2D eigenvalue weighted by molar-refractivity contribution is 7.25. The van der Waals surface area contributed by atoms with E-state index in [1.165, 1.54) is 63.9 Å². The lowest BCUT2D eigenvalue weighted by Gasteiger charge is -2.07. The number of benzene rings is 5. The summed E-state index contributed by atoms with van der Waals surface area (Å²) in [6.45, 7) is 0. The van der Waals surface area contributed by atoms with E-state index in [4.69, 9.17) is 0 Å². The van der Waals surface area contributed by atoms with E-state index in [9.17, 15) is 0 Å². The van der Waals surface area contributed by atoms with Crippen molar-refractivity contribution < 1.29 is 0 Å². The third-order valence-electron chi connectivity index (χ3n) is 6.60. The fourth-order valence-electron chi connectivity index (χ4n) is 5.18. The molecule has 0 radical (unpaired) electrons. The Bertz CT molecular complexity index is 1800. The molecule has 0 amide bonds. The normalized spacial score (nSPS) is 12.0. The van der Waals surface area contributed by atoms with Crippen LogP contribution in [0.2, 0.25) is 0 Å². The van der Waals surface area contributed by atoms with E-state index in [1.807, 2.05) is 11.3 Å². The molecule has 146 valence electrons. The smallest absolute Gasteiger partial charge is 0.0568 e. The fraction of sp³-hybridized carbons (Fsp3) is 0.0345. The highest BCUT2D eigenvalue weighted by atomic mass is 32.1. The summed E-state index contributed by atoms with van der Waals surface area (Å²) < 4.78 is 5.06. The fourth-order valence-corrected chi connectivity index (χ4v) is 6.32. The topological polar surface area (TPSA) is 4.93 Å². The lowest BCUT2D eigenvalue weighted by molar-refractivity contribution is 1.02. The van der Waals surface area contributed by atoms with Crippen LogP contribution in [0.5, 0.6) is 0 Å². The van der Waals surface area contributed by atoms with E-state index in [0.717, 1.165) is 0 Å². The molecule has 0 spiro atoms. The first-order valence-electron chi connectivity index (χ1n) is 10.6. The zero-order chi connectivity index (χ0) is 20.5. The molecule has 5 aromatic carbocycles. The van der Waals surface area contributed by atoms with Gasteiger partial charge in [-0.3, -0.25) is 0 Å². The second-order valence-corrected chi connectivity index (χ2v) is 9.33. The van der Waals surface area contributed by atoms with Crippen molar-refractivity contribution in [3.63, 3.8) is 0 Å². The molecule has 0 unspecified atom stereocenters. The molecule has 0 fully saturated rings. The summed E-state index contributed by atoms with van der Waals surface area (Å²) in [5.41, 5.74) is 5.15. The van der Waals surface area contributed by atoms with Crippen LogP contribution in [-0.4, -0.2) is 4.57 Å². The van der Waals surface area contributed by atoms with Crippen molar-refractivity contribution in [2.45, 2.75) is 0 Å². The van der Waals surface area contributed by atoms with Crippen LogP contribution < -0.4 is 0 Å². The van der Waals surface area contributed by atoms with Crippen molar-refractivity contribution in [2.24, 2.45) is 7.05 Å². The van der Waals surface area contributed by atoms with Crippen LogP contribution in [0.25, 0.3) is 63.9 Å². The van der Waals surface area contributed by atoms with Gasteiger partial charge in [-0.1, -0.05) is 78.9 Å². The summed E-state index contributed by atoms with van der Waals surface area (Å²) in [5, 5.41) is 7.98.